The second-order valence-corrected chi connectivity index (χ2v) is 3.95. The molecular weight excluding hydrogens is 248 g/mol. The molecule has 0 saturated carbocycles. The minimum atomic E-state index is -0.931. The Morgan fingerprint density at radius 3 is 2.74 bits per heavy atom. The monoisotopic (exact) mass is 266 g/mol. The van der Waals surface area contributed by atoms with Gasteiger partial charge in [-0.05, 0) is 11.6 Å². The van der Waals surface area contributed by atoms with Gasteiger partial charge in [-0.1, -0.05) is 18.2 Å². The van der Waals surface area contributed by atoms with Gasteiger partial charge in [0.05, 0.1) is 19.6 Å². The van der Waals surface area contributed by atoms with Gasteiger partial charge in [0.15, 0.2) is 0 Å². The molecule has 19 heavy (non-hydrogen) atoms. The summed E-state index contributed by atoms with van der Waals surface area (Å²) >= 11 is 0. The highest BCUT2D eigenvalue weighted by molar-refractivity contribution is 5.93. The maximum absolute atomic E-state index is 11.7. The van der Waals surface area contributed by atoms with Crippen molar-refractivity contribution < 1.29 is 19.4 Å². The summed E-state index contributed by atoms with van der Waals surface area (Å²) in [6.07, 6.45) is -0.118. The Hall–Kier alpha value is -1.92. The van der Waals surface area contributed by atoms with Crippen LogP contribution in [-0.2, 0) is 20.7 Å². The zero-order valence-electron chi connectivity index (χ0n) is 10.8. The van der Waals surface area contributed by atoms with Crippen LogP contribution in [0, 0.1) is 0 Å². The van der Waals surface area contributed by atoms with E-state index in [1.807, 2.05) is 0 Å². The smallest absolute Gasteiger partial charge is 0.307 e. The molecule has 0 aliphatic rings. The molecule has 1 rings (SSSR count). The molecule has 0 aromatic heterocycles. The Labute approximate surface area is 111 Å². The van der Waals surface area contributed by atoms with E-state index in [9.17, 15) is 9.59 Å². The Morgan fingerprint density at radius 1 is 1.32 bits per heavy atom. The lowest BCUT2D eigenvalue weighted by Gasteiger charge is -2.10. The van der Waals surface area contributed by atoms with E-state index in [0.29, 0.717) is 24.4 Å². The van der Waals surface area contributed by atoms with Crippen molar-refractivity contribution in [3.63, 3.8) is 0 Å². The van der Waals surface area contributed by atoms with E-state index >= 15 is 0 Å². The number of carboxylic acid groups (broad SMARTS) is 1. The number of ether oxygens (including phenoxy) is 1. The second-order valence-electron chi connectivity index (χ2n) is 3.95. The van der Waals surface area contributed by atoms with E-state index in [0.717, 1.165) is 0 Å². The summed E-state index contributed by atoms with van der Waals surface area (Å²) in [6.45, 7) is 1.27. The first-order valence-corrected chi connectivity index (χ1v) is 5.92. The first-order chi connectivity index (χ1) is 9.13. The minimum Gasteiger partial charge on any atom is -0.481 e. The van der Waals surface area contributed by atoms with Crippen LogP contribution in [-0.4, -0.2) is 43.8 Å². The van der Waals surface area contributed by atoms with E-state index in [1.165, 1.54) is 0 Å². The molecule has 0 unspecified atom stereocenters. The number of amides is 1. The van der Waals surface area contributed by atoms with Gasteiger partial charge in [-0.3, -0.25) is 9.59 Å². The van der Waals surface area contributed by atoms with Crippen LogP contribution in [0.2, 0.25) is 0 Å². The Balaban J connectivity index is 2.51. The maximum Gasteiger partial charge on any atom is 0.307 e. The van der Waals surface area contributed by atoms with Gasteiger partial charge in [0.2, 0.25) is 5.91 Å². The number of carboxylic acids is 1. The van der Waals surface area contributed by atoms with Crippen LogP contribution < -0.4 is 10.6 Å². The fourth-order valence-corrected chi connectivity index (χ4v) is 1.53. The molecule has 1 amide bonds. The van der Waals surface area contributed by atoms with Crippen LogP contribution >= 0.6 is 0 Å². The van der Waals surface area contributed by atoms with Gasteiger partial charge < -0.3 is 20.5 Å². The molecule has 0 aliphatic heterocycles. The summed E-state index contributed by atoms with van der Waals surface area (Å²) in [6, 6.07) is 6.86. The highest BCUT2D eigenvalue weighted by Gasteiger charge is 2.08. The lowest BCUT2D eigenvalue weighted by Crippen LogP contribution is -2.30. The first kappa shape index (κ1) is 15.1. The van der Waals surface area contributed by atoms with Crippen molar-refractivity contribution in [2.75, 3.05) is 32.1 Å². The lowest BCUT2D eigenvalue weighted by molar-refractivity contribution is -0.136. The quantitative estimate of drug-likeness (QED) is 0.596. The predicted octanol–water partition coefficient (Wildman–Crippen LogP) is 0.488. The van der Waals surface area contributed by atoms with Crippen LogP contribution in [0.15, 0.2) is 24.3 Å². The van der Waals surface area contributed by atoms with Gasteiger partial charge >= 0.3 is 5.97 Å². The highest BCUT2D eigenvalue weighted by atomic mass is 16.5. The summed E-state index contributed by atoms with van der Waals surface area (Å²) < 4.78 is 4.85. The zero-order valence-corrected chi connectivity index (χ0v) is 10.8. The average molecular weight is 266 g/mol. The minimum absolute atomic E-state index is 0.118. The van der Waals surface area contributed by atoms with E-state index in [4.69, 9.17) is 9.84 Å². The number of aliphatic carboxylic acids is 1. The Morgan fingerprint density at radius 2 is 2.05 bits per heavy atom. The maximum atomic E-state index is 11.7. The molecule has 0 heterocycles. The molecule has 0 radical (unpaired) electrons. The average Bonchev–Trinajstić information content (AvgIpc) is 2.36. The fourth-order valence-electron chi connectivity index (χ4n) is 1.53. The molecular formula is C13H18N2O4. The van der Waals surface area contributed by atoms with Gasteiger partial charge in [-0.15, -0.1) is 0 Å². The summed E-state index contributed by atoms with van der Waals surface area (Å²) in [5, 5.41) is 14.4. The Bertz CT molecular complexity index is 434. The number of hydrogen-bond acceptors (Lipinski definition) is 4. The molecule has 0 saturated heterocycles. The third-order valence-corrected chi connectivity index (χ3v) is 2.40. The van der Waals surface area contributed by atoms with Crippen molar-refractivity contribution in [2.24, 2.45) is 0 Å². The second kappa shape index (κ2) is 8.23. The lowest BCUT2D eigenvalue weighted by atomic mass is 10.1. The summed E-state index contributed by atoms with van der Waals surface area (Å²) in [5.74, 6) is -1.14. The third kappa shape index (κ3) is 5.98. The third-order valence-electron chi connectivity index (χ3n) is 2.40. The van der Waals surface area contributed by atoms with Crippen molar-refractivity contribution in [1.29, 1.82) is 0 Å². The number of methoxy groups -OCH3 is 1. The van der Waals surface area contributed by atoms with Gasteiger partial charge in [-0.2, -0.15) is 0 Å². The number of carbonyl (C=O) groups excluding carboxylic acids is 1. The number of para-hydroxylation sites is 1. The number of anilines is 1. The van der Waals surface area contributed by atoms with Crippen molar-refractivity contribution in [1.82, 2.24) is 5.32 Å². The number of benzene rings is 1. The van der Waals surface area contributed by atoms with Gasteiger partial charge in [-0.25, -0.2) is 0 Å². The molecule has 0 atom stereocenters. The SMILES string of the molecule is COCCNCC(=O)Nc1ccccc1CC(=O)O. The van der Waals surface area contributed by atoms with Crippen molar-refractivity contribution in [3.8, 4) is 0 Å². The van der Waals surface area contributed by atoms with Gasteiger partial charge in [0, 0.05) is 19.3 Å². The first-order valence-electron chi connectivity index (χ1n) is 5.92. The van der Waals surface area contributed by atoms with E-state index in [1.54, 1.807) is 31.4 Å². The summed E-state index contributed by atoms with van der Waals surface area (Å²) in [7, 11) is 1.59. The van der Waals surface area contributed by atoms with E-state index < -0.39 is 5.97 Å². The Kier molecular flexibility index (Phi) is 6.56. The summed E-state index contributed by atoms with van der Waals surface area (Å²) in [5.41, 5.74) is 1.11. The molecule has 6 nitrogen and oxygen atoms in total. The molecule has 6 heteroatoms. The molecule has 1 aromatic rings. The molecule has 104 valence electrons. The number of hydrogen-bond donors (Lipinski definition) is 3. The van der Waals surface area contributed by atoms with Crippen molar-refractivity contribution in [2.45, 2.75) is 6.42 Å². The molecule has 0 spiro atoms. The summed E-state index contributed by atoms with van der Waals surface area (Å²) in [4.78, 5) is 22.4. The van der Waals surface area contributed by atoms with E-state index in [2.05, 4.69) is 10.6 Å². The molecule has 3 N–H and O–H groups in total. The van der Waals surface area contributed by atoms with Crippen LogP contribution in [0.5, 0.6) is 0 Å². The fraction of sp³-hybridized carbons (Fsp3) is 0.385. The molecule has 1 aromatic carbocycles. The topological polar surface area (TPSA) is 87.7 Å². The van der Waals surface area contributed by atoms with Crippen LogP contribution in [0.1, 0.15) is 5.56 Å². The number of rotatable bonds is 8. The van der Waals surface area contributed by atoms with Crippen LogP contribution in [0.25, 0.3) is 0 Å². The largest absolute Gasteiger partial charge is 0.481 e. The van der Waals surface area contributed by atoms with Crippen molar-refractivity contribution >= 4 is 17.6 Å². The number of carbonyl (C=O) groups is 2. The van der Waals surface area contributed by atoms with Crippen LogP contribution in [0.3, 0.4) is 0 Å². The van der Waals surface area contributed by atoms with E-state index in [-0.39, 0.29) is 18.9 Å². The van der Waals surface area contributed by atoms with Crippen molar-refractivity contribution in [3.05, 3.63) is 29.8 Å². The van der Waals surface area contributed by atoms with Gasteiger partial charge in [0.25, 0.3) is 0 Å². The predicted molar refractivity (Wildman–Crippen MR) is 71.2 cm³/mol. The number of nitrogens with one attached hydrogen (secondary N) is 2. The molecule has 0 fully saturated rings. The molecule has 0 bridgehead atoms. The standard InChI is InChI=1S/C13H18N2O4/c1-19-7-6-14-9-12(16)15-11-5-3-2-4-10(11)8-13(17)18/h2-5,14H,6-9H2,1H3,(H,15,16)(H,17,18). The zero-order chi connectivity index (χ0) is 14.1. The normalized spacial score (nSPS) is 10.2. The van der Waals surface area contributed by atoms with Crippen LogP contribution in [0.4, 0.5) is 5.69 Å². The van der Waals surface area contributed by atoms with Gasteiger partial charge in [0.1, 0.15) is 0 Å². The molecule has 0 aliphatic carbocycles. The highest BCUT2D eigenvalue weighted by Crippen LogP contribution is 2.15.